The van der Waals surface area contributed by atoms with Gasteiger partial charge in [0.2, 0.25) is 15.9 Å². The van der Waals surface area contributed by atoms with Crippen LogP contribution in [-0.2, 0) is 24.3 Å². The summed E-state index contributed by atoms with van der Waals surface area (Å²) in [4.78, 5) is 26.1. The molecule has 11 nitrogen and oxygen atoms in total. The number of sulfonamides is 1. The molecule has 2 N–H and O–H groups in total. The number of aromatic nitrogens is 2. The van der Waals surface area contributed by atoms with Gasteiger partial charge in [-0.2, -0.15) is 30.6 Å². The minimum atomic E-state index is -5.08. The second-order valence-electron chi connectivity index (χ2n) is 8.22. The number of fused-ring (bicyclic) bond motifs is 1. The van der Waals surface area contributed by atoms with E-state index < -0.39 is 34.3 Å². The predicted molar refractivity (Wildman–Crippen MR) is 121 cm³/mol. The summed E-state index contributed by atoms with van der Waals surface area (Å²) in [6.07, 6.45) is -4.73. The molecule has 2 aliphatic heterocycles. The van der Waals surface area contributed by atoms with Crippen molar-refractivity contribution in [3.05, 3.63) is 48.9 Å². The lowest BCUT2D eigenvalue weighted by atomic mass is 9.91. The van der Waals surface area contributed by atoms with Crippen molar-refractivity contribution in [3.63, 3.8) is 0 Å². The Bertz CT molecular complexity index is 1190. The van der Waals surface area contributed by atoms with E-state index in [0.29, 0.717) is 32.2 Å². The maximum Gasteiger partial charge on any atom is 0.490 e. The molecule has 18 heteroatoms. The highest BCUT2D eigenvalue weighted by Crippen LogP contribution is 2.37. The molecule has 2 aliphatic rings. The Morgan fingerprint density at radius 3 is 2.12 bits per heavy atom. The van der Waals surface area contributed by atoms with Crippen LogP contribution in [0.25, 0.3) is 0 Å². The van der Waals surface area contributed by atoms with Crippen LogP contribution in [0.3, 0.4) is 0 Å². The Morgan fingerprint density at radius 1 is 1.00 bits per heavy atom. The van der Waals surface area contributed by atoms with Gasteiger partial charge >= 0.3 is 24.3 Å². The summed E-state index contributed by atoms with van der Waals surface area (Å²) in [5.41, 5.74) is 0. The zero-order valence-corrected chi connectivity index (χ0v) is 21.1. The van der Waals surface area contributed by atoms with Gasteiger partial charge in [0.1, 0.15) is 4.90 Å². The highest BCUT2D eigenvalue weighted by Gasteiger charge is 2.47. The molecule has 0 aromatic carbocycles. The lowest BCUT2D eigenvalue weighted by molar-refractivity contribution is -0.193. The fraction of sp³-hybridized carbons (Fsp3) is 0.455. The summed E-state index contributed by atoms with van der Waals surface area (Å²) in [5, 5.41) is 14.2. The van der Waals surface area contributed by atoms with Crippen molar-refractivity contribution in [1.29, 1.82) is 0 Å². The number of pyridine rings is 2. The summed E-state index contributed by atoms with van der Waals surface area (Å²) < 4.78 is 102. The SMILES string of the molecule is O=C(O)C(F)(F)F.O=C(O)C(F)(F)F.O=S(=O)(c1cccnc1)N1C[C@H]2[C@@H](CCOc3ccccn3)CO[C@H]2C1. The van der Waals surface area contributed by atoms with E-state index in [1.165, 1.54) is 10.5 Å². The number of aliphatic carboxylic acids is 2. The van der Waals surface area contributed by atoms with E-state index in [1.54, 1.807) is 24.5 Å². The maximum atomic E-state index is 12.8. The van der Waals surface area contributed by atoms with Gasteiger partial charge in [0.15, 0.2) is 0 Å². The number of hydrogen-bond donors (Lipinski definition) is 2. The molecular weight excluding hydrogens is 580 g/mol. The Balaban J connectivity index is 0.000000333. The maximum absolute atomic E-state index is 12.8. The molecule has 40 heavy (non-hydrogen) atoms. The number of carboxylic acids is 2. The van der Waals surface area contributed by atoms with E-state index >= 15 is 0 Å². The molecule has 2 saturated heterocycles. The topological polar surface area (TPSA) is 156 Å². The first kappa shape index (κ1) is 32.7. The molecule has 2 aromatic rings. The van der Waals surface area contributed by atoms with Crippen LogP contribution in [0.1, 0.15) is 6.42 Å². The van der Waals surface area contributed by atoms with E-state index in [1.807, 2.05) is 18.2 Å². The van der Waals surface area contributed by atoms with Crippen LogP contribution in [-0.4, -0.2) is 89.6 Å². The smallest absolute Gasteiger partial charge is 0.478 e. The first-order valence-electron chi connectivity index (χ1n) is 11.2. The summed E-state index contributed by atoms with van der Waals surface area (Å²) in [6.45, 7) is 2.08. The third-order valence-electron chi connectivity index (χ3n) is 5.54. The molecule has 0 unspecified atom stereocenters. The number of alkyl halides is 6. The number of rotatable bonds is 6. The van der Waals surface area contributed by atoms with Crippen molar-refractivity contribution < 1.29 is 64.0 Å². The molecular formula is C22H23F6N3O8S. The standard InChI is InChI=1S/C18H21N3O4S.2C2HF3O2/c22-26(23,15-4-3-7-19-10-15)21-11-16-14(13-25-17(16)12-21)6-9-24-18-5-1-2-8-20-18;2*3-2(4,5)1(6)7/h1-5,7-8,10,14,16-17H,6,9,11-13H2;2*(H,6,7)/t14-,16-,17-;;/m0../s1. The van der Waals surface area contributed by atoms with Gasteiger partial charge in [0, 0.05) is 43.7 Å². The fourth-order valence-corrected chi connectivity index (χ4v) is 5.11. The lowest BCUT2D eigenvalue weighted by Gasteiger charge is -2.19. The number of nitrogens with zero attached hydrogens (tertiary/aromatic N) is 3. The van der Waals surface area contributed by atoms with Crippen molar-refractivity contribution in [2.45, 2.75) is 29.8 Å². The molecule has 0 radical (unpaired) electrons. The van der Waals surface area contributed by atoms with E-state index in [0.717, 1.165) is 6.42 Å². The molecule has 2 aromatic heterocycles. The Labute approximate surface area is 223 Å². The second-order valence-corrected chi connectivity index (χ2v) is 10.2. The summed E-state index contributed by atoms with van der Waals surface area (Å²) >= 11 is 0. The predicted octanol–water partition coefficient (Wildman–Crippen LogP) is 2.85. The average Bonchev–Trinajstić information content (AvgIpc) is 3.47. The third-order valence-corrected chi connectivity index (χ3v) is 7.35. The number of carbonyl (C=O) groups is 2. The van der Waals surface area contributed by atoms with Crippen LogP contribution >= 0.6 is 0 Å². The Kier molecular flexibility index (Phi) is 11.2. The van der Waals surface area contributed by atoms with Gasteiger partial charge < -0.3 is 19.7 Å². The monoisotopic (exact) mass is 603 g/mol. The van der Waals surface area contributed by atoms with Crippen molar-refractivity contribution >= 4 is 22.0 Å². The van der Waals surface area contributed by atoms with E-state index in [-0.39, 0.29) is 22.8 Å². The van der Waals surface area contributed by atoms with E-state index in [9.17, 15) is 34.8 Å². The van der Waals surface area contributed by atoms with Crippen LogP contribution in [0.15, 0.2) is 53.8 Å². The van der Waals surface area contributed by atoms with Crippen molar-refractivity contribution in [2.24, 2.45) is 11.8 Å². The minimum absolute atomic E-state index is 0.0405. The van der Waals surface area contributed by atoms with Crippen molar-refractivity contribution in [3.8, 4) is 5.88 Å². The molecule has 0 saturated carbocycles. The highest BCUT2D eigenvalue weighted by molar-refractivity contribution is 7.89. The average molecular weight is 603 g/mol. The quantitative estimate of drug-likeness (QED) is 0.471. The summed E-state index contributed by atoms with van der Waals surface area (Å²) in [6, 6.07) is 8.77. The summed E-state index contributed by atoms with van der Waals surface area (Å²) in [5.74, 6) is -4.42. The Morgan fingerprint density at radius 2 is 1.62 bits per heavy atom. The van der Waals surface area contributed by atoms with E-state index in [2.05, 4.69) is 9.97 Å². The fourth-order valence-electron chi connectivity index (χ4n) is 3.65. The van der Waals surface area contributed by atoms with E-state index in [4.69, 9.17) is 29.3 Å². The molecule has 4 heterocycles. The van der Waals surface area contributed by atoms with Gasteiger partial charge in [-0.25, -0.2) is 23.0 Å². The lowest BCUT2D eigenvalue weighted by Crippen LogP contribution is -2.31. The van der Waals surface area contributed by atoms with Gasteiger partial charge in [-0.15, -0.1) is 0 Å². The molecule has 222 valence electrons. The molecule has 3 atom stereocenters. The van der Waals surface area contributed by atoms with Crippen molar-refractivity contribution in [1.82, 2.24) is 14.3 Å². The van der Waals surface area contributed by atoms with Gasteiger partial charge in [-0.3, -0.25) is 4.98 Å². The van der Waals surface area contributed by atoms with Gasteiger partial charge in [-0.05, 0) is 30.5 Å². The first-order chi connectivity index (χ1) is 18.5. The summed E-state index contributed by atoms with van der Waals surface area (Å²) in [7, 11) is -3.52. The van der Waals surface area contributed by atoms with Crippen LogP contribution in [0, 0.1) is 11.8 Å². The second kappa shape index (κ2) is 13.7. The molecule has 0 spiro atoms. The first-order valence-corrected chi connectivity index (χ1v) is 12.6. The molecule has 0 amide bonds. The van der Waals surface area contributed by atoms with Gasteiger partial charge in [0.05, 0.1) is 19.3 Å². The molecule has 0 aliphatic carbocycles. The Hall–Kier alpha value is -3.51. The molecule has 2 fully saturated rings. The van der Waals surface area contributed by atoms with Crippen LogP contribution in [0.4, 0.5) is 26.3 Å². The zero-order valence-electron chi connectivity index (χ0n) is 20.2. The molecule has 4 rings (SSSR count). The zero-order chi connectivity index (χ0) is 30.1. The molecule has 0 bridgehead atoms. The number of ether oxygens (including phenoxy) is 2. The number of carboxylic acid groups (broad SMARTS) is 2. The number of halogens is 6. The third kappa shape index (κ3) is 9.60. The van der Waals surface area contributed by atoms with Crippen molar-refractivity contribution in [2.75, 3.05) is 26.3 Å². The van der Waals surface area contributed by atoms with Crippen LogP contribution in [0.2, 0.25) is 0 Å². The van der Waals surface area contributed by atoms with Crippen LogP contribution < -0.4 is 4.74 Å². The minimum Gasteiger partial charge on any atom is -0.478 e. The van der Waals surface area contributed by atoms with Gasteiger partial charge in [0.25, 0.3) is 0 Å². The highest BCUT2D eigenvalue weighted by atomic mass is 32.2. The number of hydrogen-bond acceptors (Lipinski definition) is 8. The normalized spacial score (nSPS) is 20.8. The van der Waals surface area contributed by atoms with Gasteiger partial charge in [-0.1, -0.05) is 6.07 Å². The largest absolute Gasteiger partial charge is 0.490 e. The van der Waals surface area contributed by atoms with Crippen LogP contribution in [0.5, 0.6) is 5.88 Å².